The zero-order chi connectivity index (χ0) is 43.9. The minimum atomic E-state index is -0.450. The third kappa shape index (κ3) is 6.73. The largest absolute Gasteiger partial charge is 0.310 e. The molecule has 1 heteroatoms. The number of benzene rings is 11. The first-order valence-corrected chi connectivity index (χ1v) is 22.8. The summed E-state index contributed by atoms with van der Waals surface area (Å²) in [5, 5.41) is 2.52. The molecule has 0 atom stereocenters. The second kappa shape index (κ2) is 16.6. The lowest BCUT2D eigenvalue weighted by molar-refractivity contribution is 0.769. The van der Waals surface area contributed by atoms with Gasteiger partial charge < -0.3 is 4.90 Å². The molecule has 0 saturated heterocycles. The standard InChI is InChI=1S/C65H45N/c1-4-17-46(18-5-1)51-22-15-28-58(44-51)66(56-38-33-47(34-39-56)50-21-14-23-53(43-50)60-31-16-20-49-19-10-11-29-59(49)60)57-40-35-48(36-41-57)52-37-42-62-61-30-12-13-32-63(61)65(64(62)45-52,54-24-6-2-7-25-54)55-26-8-3-9-27-55/h1-45H. The van der Waals surface area contributed by atoms with E-state index in [1.54, 1.807) is 0 Å². The smallest absolute Gasteiger partial charge is 0.0713 e. The van der Waals surface area contributed by atoms with E-state index in [4.69, 9.17) is 0 Å². The lowest BCUT2D eigenvalue weighted by atomic mass is 9.67. The Morgan fingerprint density at radius 1 is 0.242 bits per heavy atom. The van der Waals surface area contributed by atoms with E-state index in [1.165, 1.54) is 88.7 Å². The second-order valence-corrected chi connectivity index (χ2v) is 17.2. The van der Waals surface area contributed by atoms with Crippen molar-refractivity contribution >= 4 is 27.8 Å². The van der Waals surface area contributed by atoms with E-state index >= 15 is 0 Å². The topological polar surface area (TPSA) is 3.24 Å². The van der Waals surface area contributed by atoms with Crippen LogP contribution in [0.15, 0.2) is 273 Å². The Bertz CT molecular complexity index is 3460. The van der Waals surface area contributed by atoms with E-state index in [0.29, 0.717) is 0 Å². The van der Waals surface area contributed by atoms with Crippen molar-refractivity contribution in [3.63, 3.8) is 0 Å². The van der Waals surface area contributed by atoms with E-state index in [-0.39, 0.29) is 0 Å². The first kappa shape index (κ1) is 39.1. The van der Waals surface area contributed by atoms with Crippen LogP contribution in [-0.2, 0) is 5.41 Å². The zero-order valence-corrected chi connectivity index (χ0v) is 36.4. The van der Waals surface area contributed by atoms with Gasteiger partial charge in [-0.3, -0.25) is 0 Å². The van der Waals surface area contributed by atoms with Crippen LogP contribution in [0.2, 0.25) is 0 Å². The molecule has 66 heavy (non-hydrogen) atoms. The number of nitrogens with zero attached hydrogens (tertiary/aromatic N) is 1. The van der Waals surface area contributed by atoms with Crippen molar-refractivity contribution in [2.24, 2.45) is 0 Å². The fraction of sp³-hybridized carbons (Fsp3) is 0.0154. The van der Waals surface area contributed by atoms with E-state index in [1.807, 2.05) is 0 Å². The van der Waals surface area contributed by atoms with Crippen LogP contribution in [0.4, 0.5) is 17.1 Å². The van der Waals surface area contributed by atoms with Crippen LogP contribution in [0.1, 0.15) is 22.3 Å². The van der Waals surface area contributed by atoms with Gasteiger partial charge in [-0.05, 0) is 137 Å². The molecule has 0 unspecified atom stereocenters. The van der Waals surface area contributed by atoms with Gasteiger partial charge in [0.25, 0.3) is 0 Å². The average molecular weight is 840 g/mol. The summed E-state index contributed by atoms with van der Waals surface area (Å²) in [5.41, 5.74) is 20.1. The SMILES string of the molecule is c1ccc(-c2cccc(N(c3ccc(-c4cccc(-c5cccc6ccccc56)c4)cc3)c3ccc(-c4ccc5c(c4)C(c4ccccc4)(c4ccccc4)c4ccccc4-5)cc3)c2)cc1. The maximum atomic E-state index is 2.44. The van der Waals surface area contributed by atoms with Gasteiger partial charge in [-0.25, -0.2) is 0 Å². The van der Waals surface area contributed by atoms with E-state index in [9.17, 15) is 0 Å². The molecule has 12 rings (SSSR count). The molecule has 310 valence electrons. The summed E-state index contributed by atoms with van der Waals surface area (Å²) in [6, 6.07) is 99.9. The normalized spacial score (nSPS) is 12.4. The zero-order valence-electron chi connectivity index (χ0n) is 36.4. The Labute approximate surface area is 387 Å². The molecule has 1 aliphatic carbocycles. The lowest BCUT2D eigenvalue weighted by Crippen LogP contribution is -2.28. The molecule has 0 aromatic heterocycles. The van der Waals surface area contributed by atoms with Crippen molar-refractivity contribution in [2.45, 2.75) is 5.41 Å². The van der Waals surface area contributed by atoms with Gasteiger partial charge in [0.05, 0.1) is 5.41 Å². The maximum absolute atomic E-state index is 2.44. The van der Waals surface area contributed by atoms with Crippen molar-refractivity contribution in [3.8, 4) is 55.6 Å². The molecule has 11 aromatic rings. The summed E-state index contributed by atoms with van der Waals surface area (Å²) in [6.07, 6.45) is 0. The van der Waals surface area contributed by atoms with Crippen molar-refractivity contribution < 1.29 is 0 Å². The van der Waals surface area contributed by atoms with E-state index in [2.05, 4.69) is 278 Å². The van der Waals surface area contributed by atoms with Crippen LogP contribution >= 0.6 is 0 Å². The highest BCUT2D eigenvalue weighted by molar-refractivity contribution is 5.97. The molecular formula is C65H45N. The predicted octanol–water partition coefficient (Wildman–Crippen LogP) is 17.3. The monoisotopic (exact) mass is 839 g/mol. The highest BCUT2D eigenvalue weighted by atomic mass is 15.1. The van der Waals surface area contributed by atoms with Crippen LogP contribution in [0.5, 0.6) is 0 Å². The number of hydrogen-bond acceptors (Lipinski definition) is 1. The Morgan fingerprint density at radius 3 is 1.39 bits per heavy atom. The third-order valence-electron chi connectivity index (χ3n) is 13.6. The van der Waals surface area contributed by atoms with Crippen molar-refractivity contribution in [1.82, 2.24) is 0 Å². The predicted molar refractivity (Wildman–Crippen MR) is 278 cm³/mol. The van der Waals surface area contributed by atoms with Gasteiger partial charge in [0.15, 0.2) is 0 Å². The van der Waals surface area contributed by atoms with Gasteiger partial charge in [0.2, 0.25) is 0 Å². The van der Waals surface area contributed by atoms with E-state index in [0.717, 1.165) is 17.1 Å². The second-order valence-electron chi connectivity index (χ2n) is 17.2. The first-order valence-electron chi connectivity index (χ1n) is 22.8. The summed E-state index contributed by atoms with van der Waals surface area (Å²) in [4.78, 5) is 2.38. The molecule has 0 amide bonds. The maximum Gasteiger partial charge on any atom is 0.0713 e. The van der Waals surface area contributed by atoms with Crippen LogP contribution in [-0.4, -0.2) is 0 Å². The third-order valence-corrected chi connectivity index (χ3v) is 13.6. The fourth-order valence-corrected chi connectivity index (χ4v) is 10.5. The number of rotatable bonds is 9. The number of anilines is 3. The first-order chi connectivity index (χ1) is 32.7. The molecule has 0 spiro atoms. The van der Waals surface area contributed by atoms with Crippen molar-refractivity contribution in [2.75, 3.05) is 4.90 Å². The summed E-state index contributed by atoms with van der Waals surface area (Å²) < 4.78 is 0. The number of hydrogen-bond donors (Lipinski definition) is 0. The van der Waals surface area contributed by atoms with Crippen molar-refractivity contribution in [1.29, 1.82) is 0 Å². The van der Waals surface area contributed by atoms with Crippen LogP contribution in [0.25, 0.3) is 66.4 Å². The molecule has 1 aliphatic rings. The molecule has 1 nitrogen and oxygen atoms in total. The number of fused-ring (bicyclic) bond motifs is 4. The summed E-state index contributed by atoms with van der Waals surface area (Å²) >= 11 is 0. The van der Waals surface area contributed by atoms with Gasteiger partial charge in [-0.15, -0.1) is 0 Å². The fourth-order valence-electron chi connectivity index (χ4n) is 10.5. The van der Waals surface area contributed by atoms with Gasteiger partial charge in [0, 0.05) is 17.1 Å². The molecule has 0 heterocycles. The van der Waals surface area contributed by atoms with Crippen LogP contribution in [0.3, 0.4) is 0 Å². The summed E-state index contributed by atoms with van der Waals surface area (Å²) in [6.45, 7) is 0. The van der Waals surface area contributed by atoms with Crippen LogP contribution < -0.4 is 4.90 Å². The summed E-state index contributed by atoms with van der Waals surface area (Å²) in [7, 11) is 0. The van der Waals surface area contributed by atoms with Gasteiger partial charge in [0.1, 0.15) is 0 Å². The molecule has 0 aliphatic heterocycles. The Hall–Kier alpha value is -8.52. The minimum Gasteiger partial charge on any atom is -0.310 e. The Morgan fingerprint density at radius 2 is 0.697 bits per heavy atom. The van der Waals surface area contributed by atoms with Gasteiger partial charge in [-0.2, -0.15) is 0 Å². The quantitative estimate of drug-likeness (QED) is 0.140. The molecular weight excluding hydrogens is 795 g/mol. The molecule has 0 saturated carbocycles. The average Bonchev–Trinajstić information content (AvgIpc) is 3.70. The van der Waals surface area contributed by atoms with Gasteiger partial charge in [-0.1, -0.05) is 224 Å². The van der Waals surface area contributed by atoms with Gasteiger partial charge >= 0.3 is 0 Å². The molecule has 0 fully saturated rings. The Balaban J connectivity index is 0.939. The van der Waals surface area contributed by atoms with E-state index < -0.39 is 5.41 Å². The minimum absolute atomic E-state index is 0.450. The molecule has 0 N–H and O–H groups in total. The Kier molecular flexibility index (Phi) is 9.81. The van der Waals surface area contributed by atoms with Crippen molar-refractivity contribution in [3.05, 3.63) is 295 Å². The molecule has 0 bridgehead atoms. The lowest BCUT2D eigenvalue weighted by Gasteiger charge is -2.34. The molecule has 0 radical (unpaired) electrons. The highest BCUT2D eigenvalue weighted by Gasteiger charge is 2.46. The highest BCUT2D eigenvalue weighted by Crippen LogP contribution is 2.56. The molecule has 11 aromatic carbocycles. The van der Waals surface area contributed by atoms with Crippen LogP contribution in [0, 0.1) is 0 Å². The summed E-state index contributed by atoms with van der Waals surface area (Å²) in [5.74, 6) is 0.